The minimum Gasteiger partial charge on any atom is -0.506 e. The van der Waals surface area contributed by atoms with E-state index >= 15 is 0 Å². The fourth-order valence-corrected chi connectivity index (χ4v) is 2.72. The lowest BCUT2D eigenvalue weighted by Gasteiger charge is -2.31. The second-order valence-electron chi connectivity index (χ2n) is 5.60. The van der Waals surface area contributed by atoms with Crippen molar-refractivity contribution in [2.24, 2.45) is 7.05 Å². The van der Waals surface area contributed by atoms with E-state index < -0.39 is 0 Å². The summed E-state index contributed by atoms with van der Waals surface area (Å²) in [6.45, 7) is 3.91. The summed E-state index contributed by atoms with van der Waals surface area (Å²) in [4.78, 5) is 14.5. The number of hydrogen-bond donors (Lipinski definition) is 1. The Morgan fingerprint density at radius 3 is 2.96 bits per heavy atom. The molecule has 1 aromatic heterocycles. The van der Waals surface area contributed by atoms with Gasteiger partial charge >= 0.3 is 0 Å². The van der Waals surface area contributed by atoms with Crippen LogP contribution in [0.2, 0.25) is 0 Å². The number of rotatable bonds is 1. The number of fused-ring (bicyclic) bond motifs is 1. The van der Waals surface area contributed by atoms with E-state index in [0.717, 1.165) is 0 Å². The number of nitrogens with zero attached hydrogens (tertiary/aromatic N) is 4. The molecule has 1 aliphatic rings. The first kappa shape index (κ1) is 14.9. The molecule has 7 nitrogen and oxygen atoms in total. The lowest BCUT2D eigenvalue weighted by atomic mass is 10.0. The first-order chi connectivity index (χ1) is 10.9. The van der Waals surface area contributed by atoms with Gasteiger partial charge < -0.3 is 9.84 Å². The third kappa shape index (κ3) is 2.38. The average molecular weight is 312 g/mol. The van der Waals surface area contributed by atoms with E-state index in [9.17, 15) is 9.90 Å². The number of phenols is 1. The van der Waals surface area contributed by atoms with Crippen LogP contribution in [0.1, 0.15) is 28.4 Å². The largest absolute Gasteiger partial charge is 0.506 e. The minimum absolute atomic E-state index is 0.0832. The Balaban J connectivity index is 2.06. The zero-order chi connectivity index (χ0) is 16.7. The number of phenolic OH excluding ortho intramolecular Hbond substituents is 1. The fourth-order valence-electron chi connectivity index (χ4n) is 2.72. The van der Waals surface area contributed by atoms with E-state index in [2.05, 4.69) is 5.10 Å². The zero-order valence-electron chi connectivity index (χ0n) is 13.1. The summed E-state index contributed by atoms with van der Waals surface area (Å²) in [7, 11) is 1.74. The van der Waals surface area contributed by atoms with E-state index in [1.165, 1.54) is 6.07 Å². The molecule has 1 atom stereocenters. The van der Waals surface area contributed by atoms with Gasteiger partial charge in [-0.05, 0) is 31.5 Å². The number of hydrogen-bond acceptors (Lipinski definition) is 5. The van der Waals surface area contributed by atoms with Crippen LogP contribution in [0.5, 0.6) is 11.5 Å². The third-order valence-electron chi connectivity index (χ3n) is 3.81. The van der Waals surface area contributed by atoms with Crippen molar-refractivity contribution in [3.8, 4) is 17.6 Å². The highest BCUT2D eigenvalue weighted by Crippen LogP contribution is 2.34. The van der Waals surface area contributed by atoms with E-state index in [1.807, 2.05) is 13.0 Å². The Hall–Kier alpha value is -3.01. The van der Waals surface area contributed by atoms with Crippen molar-refractivity contribution in [1.29, 1.82) is 5.26 Å². The number of benzene rings is 1. The van der Waals surface area contributed by atoms with Gasteiger partial charge in [-0.3, -0.25) is 9.69 Å². The molecule has 7 heteroatoms. The minimum atomic E-state index is -0.260. The second-order valence-corrected chi connectivity index (χ2v) is 5.60. The highest BCUT2D eigenvalue weighted by atomic mass is 16.5. The number of aryl methyl sites for hydroxylation is 2. The van der Waals surface area contributed by atoms with Crippen molar-refractivity contribution < 1.29 is 14.6 Å². The van der Waals surface area contributed by atoms with Crippen molar-refractivity contribution in [2.45, 2.75) is 20.0 Å². The molecule has 0 unspecified atom stereocenters. The maximum atomic E-state index is 12.9. The predicted octanol–water partition coefficient (Wildman–Crippen LogP) is 1.73. The maximum absolute atomic E-state index is 12.9. The number of nitriles is 1. The monoisotopic (exact) mass is 312 g/mol. The van der Waals surface area contributed by atoms with Gasteiger partial charge in [-0.25, -0.2) is 4.68 Å². The van der Waals surface area contributed by atoms with Crippen molar-refractivity contribution in [3.05, 3.63) is 35.0 Å². The highest BCUT2D eigenvalue weighted by Gasteiger charge is 2.32. The molecular weight excluding hydrogens is 296 g/mol. The van der Waals surface area contributed by atoms with Gasteiger partial charge in [0.1, 0.15) is 17.9 Å². The molecule has 1 aliphatic heterocycles. The van der Waals surface area contributed by atoms with Gasteiger partial charge in [-0.2, -0.15) is 10.4 Å². The molecule has 3 rings (SSSR count). The first-order valence-corrected chi connectivity index (χ1v) is 7.16. The molecule has 1 amide bonds. The molecule has 2 heterocycles. The summed E-state index contributed by atoms with van der Waals surface area (Å²) < 4.78 is 7.27. The average Bonchev–Trinajstić information content (AvgIpc) is 2.89. The van der Waals surface area contributed by atoms with Crippen LogP contribution in [0.15, 0.2) is 18.3 Å². The van der Waals surface area contributed by atoms with Crippen LogP contribution in [0.3, 0.4) is 0 Å². The van der Waals surface area contributed by atoms with Crippen LogP contribution in [0.25, 0.3) is 0 Å². The zero-order valence-corrected chi connectivity index (χ0v) is 13.1. The lowest BCUT2D eigenvalue weighted by molar-refractivity contribution is 0.0958. The molecule has 0 spiro atoms. The Labute approximate surface area is 133 Å². The summed E-state index contributed by atoms with van der Waals surface area (Å²) in [5.74, 6) is 0.776. The van der Waals surface area contributed by atoms with Crippen molar-refractivity contribution in [1.82, 2.24) is 9.78 Å². The van der Waals surface area contributed by atoms with Gasteiger partial charge in [-0.15, -0.1) is 0 Å². The Bertz CT molecular complexity index is 835. The molecule has 23 heavy (non-hydrogen) atoms. The van der Waals surface area contributed by atoms with Crippen molar-refractivity contribution in [3.63, 3.8) is 0 Å². The number of ether oxygens (including phenoxy) is 1. The Morgan fingerprint density at radius 2 is 2.26 bits per heavy atom. The lowest BCUT2D eigenvalue weighted by Crippen LogP contribution is -2.43. The Morgan fingerprint density at radius 1 is 1.52 bits per heavy atom. The number of aromatic nitrogens is 2. The summed E-state index contributed by atoms with van der Waals surface area (Å²) >= 11 is 0. The summed E-state index contributed by atoms with van der Waals surface area (Å²) in [5.41, 5.74) is 0.914. The molecule has 118 valence electrons. The fraction of sp³-hybridized carbons (Fsp3) is 0.312. The molecular formula is C16H16N4O3. The van der Waals surface area contributed by atoms with Gasteiger partial charge in [0.25, 0.3) is 5.91 Å². The molecule has 0 saturated heterocycles. The molecule has 2 aromatic rings. The van der Waals surface area contributed by atoms with Gasteiger partial charge in [-0.1, -0.05) is 0 Å². The maximum Gasteiger partial charge on any atom is 0.259 e. The van der Waals surface area contributed by atoms with Crippen LogP contribution < -0.4 is 9.64 Å². The van der Waals surface area contributed by atoms with E-state index in [4.69, 9.17) is 10.00 Å². The van der Waals surface area contributed by atoms with Gasteiger partial charge in [0, 0.05) is 12.6 Å². The smallest absolute Gasteiger partial charge is 0.259 e. The summed E-state index contributed by atoms with van der Waals surface area (Å²) in [6.07, 6.45) is 1.41. The number of amides is 1. The van der Waals surface area contributed by atoms with Gasteiger partial charge in [0.15, 0.2) is 11.6 Å². The third-order valence-corrected chi connectivity index (χ3v) is 3.81. The normalized spacial score (nSPS) is 16.4. The van der Waals surface area contributed by atoms with E-state index in [1.54, 1.807) is 35.8 Å². The molecule has 0 saturated carbocycles. The number of carbonyl (C=O) groups is 1. The predicted molar refractivity (Wildman–Crippen MR) is 82.5 cm³/mol. The Kier molecular flexibility index (Phi) is 3.45. The number of anilines is 1. The van der Waals surface area contributed by atoms with Crippen molar-refractivity contribution in [2.75, 3.05) is 11.4 Å². The van der Waals surface area contributed by atoms with Crippen LogP contribution in [-0.2, 0) is 7.05 Å². The van der Waals surface area contributed by atoms with E-state index in [-0.39, 0.29) is 23.3 Å². The molecule has 0 bridgehead atoms. The molecule has 0 radical (unpaired) electrons. The topological polar surface area (TPSA) is 91.4 Å². The molecule has 0 fully saturated rings. The quantitative estimate of drug-likeness (QED) is 0.866. The van der Waals surface area contributed by atoms with Crippen LogP contribution in [0.4, 0.5) is 5.82 Å². The number of carbonyl (C=O) groups excluding carboxylic acids is 1. The standard InChI is InChI=1S/C16H16N4O3/c1-9-4-11(5-12(6-17)14(9)21)16(22)20-8-10(2)23-13-7-18-19(3)15(13)20/h4-5,7,10,21H,8H2,1-3H3/t10-/m0/s1. The summed E-state index contributed by atoms with van der Waals surface area (Å²) in [5, 5.41) is 23.1. The van der Waals surface area contributed by atoms with Crippen molar-refractivity contribution >= 4 is 11.7 Å². The molecule has 0 aliphatic carbocycles. The van der Waals surface area contributed by atoms with Crippen LogP contribution >= 0.6 is 0 Å². The van der Waals surface area contributed by atoms with Crippen LogP contribution in [-0.4, -0.2) is 33.4 Å². The summed E-state index contributed by atoms with van der Waals surface area (Å²) in [6, 6.07) is 4.89. The van der Waals surface area contributed by atoms with Gasteiger partial charge in [0.2, 0.25) is 0 Å². The highest BCUT2D eigenvalue weighted by molar-refractivity contribution is 6.07. The molecule has 1 aromatic carbocycles. The SMILES string of the molecule is Cc1cc(C(=O)N2C[C@H](C)Oc3cnn(C)c32)cc(C#N)c1O. The molecule has 1 N–H and O–H groups in total. The van der Waals surface area contributed by atoms with E-state index in [0.29, 0.717) is 29.2 Å². The van der Waals surface area contributed by atoms with Crippen LogP contribution in [0, 0.1) is 18.3 Å². The number of aromatic hydroxyl groups is 1. The second kappa shape index (κ2) is 5.32. The van der Waals surface area contributed by atoms with Gasteiger partial charge in [0.05, 0.1) is 18.3 Å². The first-order valence-electron chi connectivity index (χ1n) is 7.16.